The van der Waals surface area contributed by atoms with Gasteiger partial charge in [0.1, 0.15) is 17.6 Å². The van der Waals surface area contributed by atoms with Crippen LogP contribution in [0.25, 0.3) is 0 Å². The Morgan fingerprint density at radius 3 is 2.27 bits per heavy atom. The van der Waals surface area contributed by atoms with Crippen molar-refractivity contribution in [1.82, 2.24) is 20.0 Å². The highest BCUT2D eigenvalue weighted by Crippen LogP contribution is 2.28. The van der Waals surface area contributed by atoms with Crippen LogP contribution in [0.2, 0.25) is 0 Å². The van der Waals surface area contributed by atoms with Gasteiger partial charge in [-0.15, -0.1) is 0 Å². The molecular weight excluding hydrogens is 479 g/mol. The van der Waals surface area contributed by atoms with Gasteiger partial charge < -0.3 is 29.5 Å². The molecule has 0 aliphatic carbocycles. The van der Waals surface area contributed by atoms with E-state index in [4.69, 9.17) is 9.47 Å². The van der Waals surface area contributed by atoms with Gasteiger partial charge in [-0.25, -0.2) is 4.39 Å². The standard InChI is InChI=1S/C27H33FN4O5/c1-36-16-15-31(25(33)20-5-9-23(37-2)10-6-20)22-17-24(27(35)30-13-11-29-12-14-30)32(18-22)26(34)19-3-7-21(28)8-4-19/h3-10,22,24,29H,11-18H2,1-2H3. The highest BCUT2D eigenvalue weighted by Gasteiger charge is 2.44. The molecule has 0 radical (unpaired) electrons. The van der Waals surface area contributed by atoms with Crippen molar-refractivity contribution < 1.29 is 28.2 Å². The van der Waals surface area contributed by atoms with Crippen LogP contribution in [0.15, 0.2) is 48.5 Å². The summed E-state index contributed by atoms with van der Waals surface area (Å²) in [5.41, 5.74) is 0.773. The SMILES string of the molecule is COCCN(C(=O)c1ccc(OC)cc1)C1CC(C(=O)N2CCNCC2)N(C(=O)c2ccc(F)cc2)C1. The molecule has 2 atom stereocenters. The summed E-state index contributed by atoms with van der Waals surface area (Å²) in [5.74, 6) is -0.518. The number of carbonyl (C=O) groups is 3. The van der Waals surface area contributed by atoms with Crippen LogP contribution >= 0.6 is 0 Å². The Labute approximate surface area is 216 Å². The Balaban J connectivity index is 1.62. The summed E-state index contributed by atoms with van der Waals surface area (Å²) in [7, 11) is 3.12. The van der Waals surface area contributed by atoms with Gasteiger partial charge in [0.05, 0.1) is 19.8 Å². The molecule has 2 saturated heterocycles. The van der Waals surface area contributed by atoms with Gasteiger partial charge in [0.15, 0.2) is 0 Å². The topological polar surface area (TPSA) is 91.4 Å². The predicted molar refractivity (Wildman–Crippen MR) is 135 cm³/mol. The summed E-state index contributed by atoms with van der Waals surface area (Å²) < 4.78 is 24.0. The summed E-state index contributed by atoms with van der Waals surface area (Å²) in [6, 6.07) is 11.0. The van der Waals surface area contributed by atoms with Gasteiger partial charge in [-0.05, 0) is 55.0 Å². The molecule has 2 aliphatic rings. The number of likely N-dealkylation sites (tertiary alicyclic amines) is 1. The first-order chi connectivity index (χ1) is 17.9. The quantitative estimate of drug-likeness (QED) is 0.578. The van der Waals surface area contributed by atoms with Crippen LogP contribution in [0.1, 0.15) is 27.1 Å². The van der Waals surface area contributed by atoms with Crippen LogP contribution in [-0.2, 0) is 9.53 Å². The van der Waals surface area contributed by atoms with E-state index in [1.54, 1.807) is 48.3 Å². The number of nitrogens with one attached hydrogen (secondary N) is 1. The monoisotopic (exact) mass is 512 g/mol. The van der Waals surface area contributed by atoms with Crippen molar-refractivity contribution in [1.29, 1.82) is 0 Å². The molecule has 0 saturated carbocycles. The number of amides is 3. The minimum absolute atomic E-state index is 0.136. The Bertz CT molecular complexity index is 1090. The molecule has 2 heterocycles. The molecule has 1 N–H and O–H groups in total. The van der Waals surface area contributed by atoms with Crippen molar-refractivity contribution in [2.24, 2.45) is 0 Å². The first kappa shape index (κ1) is 26.6. The molecule has 2 fully saturated rings. The van der Waals surface area contributed by atoms with Gasteiger partial charge >= 0.3 is 0 Å². The van der Waals surface area contributed by atoms with Crippen molar-refractivity contribution in [3.05, 3.63) is 65.5 Å². The number of benzene rings is 2. The zero-order valence-electron chi connectivity index (χ0n) is 21.2. The number of rotatable bonds is 8. The summed E-state index contributed by atoms with van der Waals surface area (Å²) in [6.07, 6.45) is 0.307. The second-order valence-electron chi connectivity index (χ2n) is 9.16. The van der Waals surface area contributed by atoms with E-state index < -0.39 is 17.9 Å². The van der Waals surface area contributed by atoms with E-state index in [9.17, 15) is 18.8 Å². The third-order valence-electron chi connectivity index (χ3n) is 6.92. The number of piperazine rings is 1. The first-order valence-electron chi connectivity index (χ1n) is 12.4. The van der Waals surface area contributed by atoms with Gasteiger partial charge in [-0.2, -0.15) is 0 Å². The van der Waals surface area contributed by atoms with Crippen molar-refractivity contribution in [3.63, 3.8) is 0 Å². The van der Waals surface area contributed by atoms with E-state index in [1.165, 1.54) is 29.2 Å². The molecule has 0 bridgehead atoms. The number of carbonyl (C=O) groups excluding carboxylic acids is 3. The minimum Gasteiger partial charge on any atom is -0.497 e. The molecule has 4 rings (SSSR count). The van der Waals surface area contributed by atoms with Crippen LogP contribution in [0.4, 0.5) is 4.39 Å². The number of hydrogen-bond acceptors (Lipinski definition) is 6. The van der Waals surface area contributed by atoms with E-state index in [1.807, 2.05) is 0 Å². The van der Waals surface area contributed by atoms with Gasteiger partial charge in [-0.1, -0.05) is 0 Å². The maximum absolute atomic E-state index is 13.6. The molecule has 3 amide bonds. The Kier molecular flexibility index (Phi) is 8.73. The fourth-order valence-corrected chi connectivity index (χ4v) is 4.89. The second-order valence-corrected chi connectivity index (χ2v) is 9.16. The molecule has 9 nitrogen and oxygen atoms in total. The molecule has 0 aromatic heterocycles. The molecule has 198 valence electrons. The number of methoxy groups -OCH3 is 2. The molecule has 2 unspecified atom stereocenters. The van der Waals surface area contributed by atoms with Gasteiger partial charge in [0.2, 0.25) is 5.91 Å². The van der Waals surface area contributed by atoms with Crippen molar-refractivity contribution in [3.8, 4) is 5.75 Å². The number of nitrogens with zero attached hydrogens (tertiary/aromatic N) is 3. The van der Waals surface area contributed by atoms with Crippen LogP contribution in [0, 0.1) is 5.82 Å². The Morgan fingerprint density at radius 2 is 1.65 bits per heavy atom. The molecule has 0 spiro atoms. The van der Waals surface area contributed by atoms with Crippen LogP contribution in [0.5, 0.6) is 5.75 Å². The number of hydrogen-bond donors (Lipinski definition) is 1. The molecule has 2 aromatic rings. The maximum atomic E-state index is 13.6. The number of halogens is 1. The lowest BCUT2D eigenvalue weighted by Gasteiger charge is -2.32. The van der Waals surface area contributed by atoms with Crippen LogP contribution in [-0.4, -0.2) is 105 Å². The summed E-state index contributed by atoms with van der Waals surface area (Å²) in [4.78, 5) is 45.7. The van der Waals surface area contributed by atoms with Gasteiger partial charge in [-0.3, -0.25) is 14.4 Å². The second kappa shape index (κ2) is 12.2. The van der Waals surface area contributed by atoms with Gasteiger partial charge in [0.25, 0.3) is 11.8 Å². The number of ether oxygens (including phenoxy) is 2. The molecule has 10 heteroatoms. The first-order valence-corrected chi connectivity index (χ1v) is 12.4. The van der Waals surface area contributed by atoms with Crippen LogP contribution < -0.4 is 10.1 Å². The average Bonchev–Trinajstić information content (AvgIpc) is 3.38. The minimum atomic E-state index is -0.727. The Morgan fingerprint density at radius 1 is 1.00 bits per heavy atom. The van der Waals surface area contributed by atoms with E-state index in [2.05, 4.69) is 5.32 Å². The predicted octanol–water partition coefficient (Wildman–Crippen LogP) is 1.64. The fraction of sp³-hybridized carbons (Fsp3) is 0.444. The largest absolute Gasteiger partial charge is 0.497 e. The van der Waals surface area contributed by atoms with E-state index in [0.29, 0.717) is 62.6 Å². The highest BCUT2D eigenvalue weighted by atomic mass is 19.1. The maximum Gasteiger partial charge on any atom is 0.254 e. The Hall–Kier alpha value is -3.50. The van der Waals surface area contributed by atoms with E-state index in [0.717, 1.165) is 0 Å². The summed E-state index contributed by atoms with van der Waals surface area (Å²) in [5, 5.41) is 3.23. The van der Waals surface area contributed by atoms with Crippen LogP contribution in [0.3, 0.4) is 0 Å². The van der Waals surface area contributed by atoms with Crippen molar-refractivity contribution >= 4 is 17.7 Å². The van der Waals surface area contributed by atoms with Crippen molar-refractivity contribution in [2.75, 3.05) is 60.1 Å². The van der Waals surface area contributed by atoms with E-state index >= 15 is 0 Å². The molecule has 2 aromatic carbocycles. The van der Waals surface area contributed by atoms with E-state index in [-0.39, 0.29) is 24.3 Å². The third kappa shape index (κ3) is 6.08. The average molecular weight is 513 g/mol. The lowest BCUT2D eigenvalue weighted by Crippen LogP contribution is -2.53. The van der Waals surface area contributed by atoms with Crippen molar-refractivity contribution in [2.45, 2.75) is 18.5 Å². The highest BCUT2D eigenvalue weighted by molar-refractivity contribution is 5.99. The summed E-state index contributed by atoms with van der Waals surface area (Å²) in [6.45, 7) is 3.27. The molecule has 37 heavy (non-hydrogen) atoms. The zero-order valence-corrected chi connectivity index (χ0v) is 21.2. The molecular formula is C27H33FN4O5. The lowest BCUT2D eigenvalue weighted by atomic mass is 10.1. The normalized spacial score (nSPS) is 19.5. The third-order valence-corrected chi connectivity index (χ3v) is 6.92. The lowest BCUT2D eigenvalue weighted by molar-refractivity contribution is -0.135. The van der Waals surface area contributed by atoms with Gasteiger partial charge in [0, 0.05) is 57.5 Å². The smallest absolute Gasteiger partial charge is 0.254 e. The molecule has 2 aliphatic heterocycles. The summed E-state index contributed by atoms with van der Waals surface area (Å²) >= 11 is 0. The zero-order chi connectivity index (χ0) is 26.4. The fourth-order valence-electron chi connectivity index (χ4n) is 4.89.